The van der Waals surface area contributed by atoms with Crippen LogP contribution in [0.3, 0.4) is 0 Å². The van der Waals surface area contributed by atoms with Crippen molar-refractivity contribution in [3.05, 3.63) is 79.4 Å². The molecule has 3 aromatic heterocycles. The molecule has 0 saturated heterocycles. The number of benzene rings is 1. The fourth-order valence-corrected chi connectivity index (χ4v) is 3.41. The molecule has 0 radical (unpaired) electrons. The van der Waals surface area contributed by atoms with Crippen molar-refractivity contribution < 1.29 is 0 Å². The molecule has 0 bridgehead atoms. The topological polar surface area (TPSA) is 74.3 Å². The highest BCUT2D eigenvalue weighted by molar-refractivity contribution is 7.98. The van der Waals surface area contributed by atoms with E-state index in [0.29, 0.717) is 12.3 Å². The molecule has 0 aliphatic carbocycles. The van der Waals surface area contributed by atoms with Crippen molar-refractivity contribution in [3.8, 4) is 17.1 Å². The van der Waals surface area contributed by atoms with Crippen LogP contribution in [0.4, 0.5) is 0 Å². The predicted molar refractivity (Wildman–Crippen MR) is 104 cm³/mol. The molecule has 0 aliphatic heterocycles. The second kappa shape index (κ2) is 7.96. The van der Waals surface area contributed by atoms with Crippen LogP contribution >= 0.6 is 11.8 Å². The van der Waals surface area contributed by atoms with E-state index in [1.165, 1.54) is 0 Å². The number of thioether (sulfide) groups is 1. The summed E-state index contributed by atoms with van der Waals surface area (Å²) >= 11 is 1.57. The summed E-state index contributed by atoms with van der Waals surface area (Å²) in [7, 11) is 0. The molecule has 7 nitrogen and oxygen atoms in total. The Morgan fingerprint density at radius 2 is 1.85 bits per heavy atom. The fourth-order valence-electron chi connectivity index (χ4n) is 2.59. The molecule has 0 fully saturated rings. The lowest BCUT2D eigenvalue weighted by Gasteiger charge is -2.06. The molecule has 0 unspecified atom stereocenters. The van der Waals surface area contributed by atoms with Crippen molar-refractivity contribution in [3.63, 3.8) is 0 Å². The van der Waals surface area contributed by atoms with Crippen molar-refractivity contribution in [2.24, 2.45) is 0 Å². The van der Waals surface area contributed by atoms with E-state index >= 15 is 0 Å². The number of rotatable bonds is 7. The Morgan fingerprint density at radius 1 is 1.04 bits per heavy atom. The fraction of sp³-hybridized carbons (Fsp3) is 0.105. The van der Waals surface area contributed by atoms with E-state index in [2.05, 4.69) is 32.0 Å². The Hall–Kier alpha value is -3.26. The normalized spacial score (nSPS) is 10.8. The second-order valence-electron chi connectivity index (χ2n) is 5.69. The predicted octanol–water partition coefficient (Wildman–Crippen LogP) is 3.40. The van der Waals surface area contributed by atoms with Crippen molar-refractivity contribution in [2.45, 2.75) is 17.5 Å². The third kappa shape index (κ3) is 3.80. The van der Waals surface area contributed by atoms with Crippen LogP contribution in [0.1, 0.15) is 5.69 Å². The molecule has 8 heteroatoms. The average molecular weight is 375 g/mol. The maximum absolute atomic E-state index is 4.54. The minimum absolute atomic E-state index is 0.629. The third-order valence-corrected chi connectivity index (χ3v) is 4.84. The Bertz CT molecular complexity index is 1020. The SMILES string of the molecule is C=CCn1c(SCc2cnn(-c3ccccc3)n2)nnc1-c1ccncc1. The van der Waals surface area contributed by atoms with E-state index in [0.717, 1.165) is 27.9 Å². The smallest absolute Gasteiger partial charge is 0.192 e. The summed E-state index contributed by atoms with van der Waals surface area (Å²) in [6.45, 7) is 4.47. The first-order chi connectivity index (χ1) is 13.3. The number of hydrogen-bond acceptors (Lipinski definition) is 6. The van der Waals surface area contributed by atoms with E-state index in [9.17, 15) is 0 Å². The Kier molecular flexibility index (Phi) is 5.06. The molecule has 134 valence electrons. The first-order valence-corrected chi connectivity index (χ1v) is 9.37. The first kappa shape index (κ1) is 17.2. The quantitative estimate of drug-likeness (QED) is 0.364. The molecule has 0 spiro atoms. The van der Waals surface area contributed by atoms with Crippen LogP contribution in [0.5, 0.6) is 0 Å². The summed E-state index contributed by atoms with van der Waals surface area (Å²) in [6, 6.07) is 13.7. The second-order valence-corrected chi connectivity index (χ2v) is 6.63. The molecule has 3 heterocycles. The zero-order valence-electron chi connectivity index (χ0n) is 14.5. The zero-order valence-corrected chi connectivity index (χ0v) is 15.3. The molecule has 4 aromatic rings. The highest BCUT2D eigenvalue weighted by atomic mass is 32.2. The summed E-state index contributed by atoms with van der Waals surface area (Å²) in [4.78, 5) is 5.69. The molecule has 0 saturated carbocycles. The highest BCUT2D eigenvalue weighted by Crippen LogP contribution is 2.25. The number of hydrogen-bond donors (Lipinski definition) is 0. The minimum Gasteiger partial charge on any atom is -0.298 e. The number of aromatic nitrogens is 7. The summed E-state index contributed by atoms with van der Waals surface area (Å²) in [5, 5.41) is 18.4. The van der Waals surface area contributed by atoms with Crippen LogP contribution in [-0.4, -0.2) is 34.7 Å². The molecule has 0 N–H and O–H groups in total. The lowest BCUT2D eigenvalue weighted by Crippen LogP contribution is -2.01. The van der Waals surface area contributed by atoms with Crippen LogP contribution in [0.15, 0.2) is 78.9 Å². The van der Waals surface area contributed by atoms with Crippen molar-refractivity contribution in [1.29, 1.82) is 0 Å². The first-order valence-electron chi connectivity index (χ1n) is 8.39. The molecule has 4 rings (SSSR count). The van der Waals surface area contributed by atoms with Gasteiger partial charge >= 0.3 is 0 Å². The molecule has 27 heavy (non-hydrogen) atoms. The van der Waals surface area contributed by atoms with Crippen LogP contribution in [0.25, 0.3) is 17.1 Å². The van der Waals surface area contributed by atoms with Gasteiger partial charge in [0.05, 0.1) is 17.6 Å². The van der Waals surface area contributed by atoms with Gasteiger partial charge in [0.2, 0.25) is 0 Å². The van der Waals surface area contributed by atoms with Gasteiger partial charge in [-0.2, -0.15) is 15.0 Å². The summed E-state index contributed by atoms with van der Waals surface area (Å²) in [5.74, 6) is 1.45. The van der Waals surface area contributed by atoms with Gasteiger partial charge in [-0.25, -0.2) is 0 Å². The Labute approximate surface area is 160 Å². The molecule has 1 aromatic carbocycles. The van der Waals surface area contributed by atoms with Gasteiger partial charge in [-0.05, 0) is 24.3 Å². The lowest BCUT2D eigenvalue weighted by molar-refractivity contribution is 0.729. The average Bonchev–Trinajstić information content (AvgIpc) is 3.35. The number of allylic oxidation sites excluding steroid dienone is 1. The van der Waals surface area contributed by atoms with E-state index in [-0.39, 0.29) is 0 Å². The minimum atomic E-state index is 0.629. The van der Waals surface area contributed by atoms with Gasteiger partial charge in [-0.1, -0.05) is 36.0 Å². The summed E-state index contributed by atoms with van der Waals surface area (Å²) in [5.41, 5.74) is 2.78. The molecular weight excluding hydrogens is 358 g/mol. The van der Waals surface area contributed by atoms with E-state index in [1.807, 2.05) is 53.1 Å². The maximum Gasteiger partial charge on any atom is 0.192 e. The van der Waals surface area contributed by atoms with Gasteiger partial charge < -0.3 is 0 Å². The van der Waals surface area contributed by atoms with Crippen LogP contribution in [-0.2, 0) is 12.3 Å². The van der Waals surface area contributed by atoms with Gasteiger partial charge in [0.25, 0.3) is 0 Å². The number of nitrogens with zero attached hydrogens (tertiary/aromatic N) is 7. The van der Waals surface area contributed by atoms with E-state index < -0.39 is 0 Å². The Balaban J connectivity index is 1.53. The van der Waals surface area contributed by atoms with Crippen LogP contribution in [0.2, 0.25) is 0 Å². The number of pyridine rings is 1. The van der Waals surface area contributed by atoms with Crippen molar-refractivity contribution >= 4 is 11.8 Å². The highest BCUT2D eigenvalue weighted by Gasteiger charge is 2.14. The molecule has 0 amide bonds. The zero-order chi connectivity index (χ0) is 18.5. The summed E-state index contributed by atoms with van der Waals surface area (Å²) < 4.78 is 2.04. The molecule has 0 aliphatic rings. The van der Waals surface area contributed by atoms with Gasteiger partial charge in [-0.15, -0.1) is 16.8 Å². The van der Waals surface area contributed by atoms with Crippen molar-refractivity contribution in [2.75, 3.05) is 0 Å². The van der Waals surface area contributed by atoms with E-state index in [1.54, 1.807) is 35.1 Å². The lowest BCUT2D eigenvalue weighted by atomic mass is 10.2. The molecular formula is C19H17N7S. The van der Waals surface area contributed by atoms with Gasteiger partial charge in [0.15, 0.2) is 11.0 Å². The third-order valence-electron chi connectivity index (χ3n) is 3.84. The van der Waals surface area contributed by atoms with Crippen LogP contribution < -0.4 is 0 Å². The number of para-hydroxylation sites is 1. The largest absolute Gasteiger partial charge is 0.298 e. The van der Waals surface area contributed by atoms with Crippen molar-refractivity contribution in [1.82, 2.24) is 34.7 Å². The monoisotopic (exact) mass is 375 g/mol. The van der Waals surface area contributed by atoms with E-state index in [4.69, 9.17) is 0 Å². The van der Waals surface area contributed by atoms with Gasteiger partial charge in [0, 0.05) is 30.3 Å². The van der Waals surface area contributed by atoms with Crippen LogP contribution in [0, 0.1) is 0 Å². The maximum atomic E-state index is 4.54. The molecule has 0 atom stereocenters. The van der Waals surface area contributed by atoms with Gasteiger partial charge in [-0.3, -0.25) is 9.55 Å². The Morgan fingerprint density at radius 3 is 2.63 bits per heavy atom. The van der Waals surface area contributed by atoms with Gasteiger partial charge in [0.1, 0.15) is 0 Å². The summed E-state index contributed by atoms with van der Waals surface area (Å²) in [6.07, 6.45) is 7.11. The standard InChI is InChI=1S/C19H17N7S/c1-2-12-25-18(15-8-10-20-11-9-15)22-23-19(25)27-14-16-13-21-26(24-16)17-6-4-3-5-7-17/h2-11,13H,1,12,14H2.